The van der Waals surface area contributed by atoms with Gasteiger partial charge in [0.05, 0.1) is 12.2 Å². The van der Waals surface area contributed by atoms with E-state index in [4.69, 9.17) is 5.73 Å². The fraction of sp³-hybridized carbons (Fsp3) is 0.714. The van der Waals surface area contributed by atoms with Gasteiger partial charge in [-0.3, -0.25) is 9.59 Å². The molecule has 1 saturated heterocycles. The molecule has 34 heavy (non-hydrogen) atoms. The number of nitrogens with two attached hydrogens (primary N) is 1. The first kappa shape index (κ1) is 28.2. The van der Waals surface area contributed by atoms with Gasteiger partial charge in [-0.05, 0) is 12.8 Å². The molecule has 2 unspecified atom stereocenters. The van der Waals surface area contributed by atoms with Gasteiger partial charge in [0.15, 0.2) is 11.9 Å². The first-order chi connectivity index (χ1) is 15.2. The Bertz CT molecular complexity index is 925. The zero-order valence-electron chi connectivity index (χ0n) is 19.2. The van der Waals surface area contributed by atoms with E-state index in [9.17, 15) is 32.3 Å². The van der Waals surface area contributed by atoms with Crippen molar-refractivity contribution in [2.75, 3.05) is 13.1 Å². The summed E-state index contributed by atoms with van der Waals surface area (Å²) in [6.45, 7) is 4.84. The standard InChI is InChI=1S/C21H29F4N5O3.ClH/c1-20(2,3)19-27-14-10-29(7-6-12(14)17(28-19)21(23,24)25)16(32)8-11(26)9-30-15(31)5-4-13(22)18(30)33;/h11,13,18,33H,4-10,26H2,1-3H3;1H/t11-,13?,18?;/m1./s1. The number of aliphatic hydroxyl groups is 1. The molecule has 2 aliphatic rings. The normalized spacial score (nSPS) is 22.2. The van der Waals surface area contributed by atoms with Crippen molar-refractivity contribution in [2.24, 2.45) is 5.73 Å². The third-order valence-corrected chi connectivity index (χ3v) is 5.82. The van der Waals surface area contributed by atoms with E-state index < -0.39 is 47.5 Å². The molecule has 0 aliphatic carbocycles. The Hall–Kier alpha value is -2.05. The number of rotatable bonds is 4. The maximum absolute atomic E-state index is 13.7. The SMILES string of the molecule is CC(C)(C)c1nc2c(c(C(F)(F)F)n1)CCN(C(=O)C[C@@H](N)CN1C(=O)CCC(F)C1O)C2.Cl. The monoisotopic (exact) mass is 511 g/mol. The molecule has 0 saturated carbocycles. The van der Waals surface area contributed by atoms with Gasteiger partial charge in [-0.2, -0.15) is 13.2 Å². The molecule has 1 fully saturated rings. The van der Waals surface area contributed by atoms with Crippen LogP contribution >= 0.6 is 12.4 Å². The van der Waals surface area contributed by atoms with E-state index in [1.165, 1.54) is 4.90 Å². The van der Waals surface area contributed by atoms with Crippen LogP contribution in [0.15, 0.2) is 0 Å². The van der Waals surface area contributed by atoms with Crippen LogP contribution in [0.2, 0.25) is 0 Å². The van der Waals surface area contributed by atoms with Crippen molar-refractivity contribution in [1.82, 2.24) is 19.8 Å². The first-order valence-electron chi connectivity index (χ1n) is 10.8. The molecule has 1 aromatic heterocycles. The molecule has 8 nitrogen and oxygen atoms in total. The average Bonchev–Trinajstić information content (AvgIpc) is 2.71. The van der Waals surface area contributed by atoms with Crippen molar-refractivity contribution in [3.63, 3.8) is 0 Å². The highest BCUT2D eigenvalue weighted by atomic mass is 35.5. The predicted octanol–water partition coefficient (Wildman–Crippen LogP) is 2.10. The predicted molar refractivity (Wildman–Crippen MR) is 117 cm³/mol. The molecule has 2 amide bonds. The summed E-state index contributed by atoms with van der Waals surface area (Å²) in [5.41, 5.74) is 4.43. The highest BCUT2D eigenvalue weighted by Gasteiger charge is 2.40. The summed E-state index contributed by atoms with van der Waals surface area (Å²) in [6, 6.07) is -0.871. The number of fused-ring (bicyclic) bond motifs is 1. The van der Waals surface area contributed by atoms with E-state index in [2.05, 4.69) is 9.97 Å². The fourth-order valence-electron chi connectivity index (χ4n) is 3.99. The lowest BCUT2D eigenvalue weighted by Crippen LogP contribution is -2.54. The number of aromatic nitrogens is 2. The molecule has 3 N–H and O–H groups in total. The molecule has 1 aromatic rings. The molecule has 13 heteroatoms. The van der Waals surface area contributed by atoms with Gasteiger partial charge in [0.2, 0.25) is 11.8 Å². The second kappa shape index (κ2) is 10.3. The summed E-state index contributed by atoms with van der Waals surface area (Å²) in [5, 5.41) is 9.91. The summed E-state index contributed by atoms with van der Waals surface area (Å²) < 4.78 is 54.6. The Morgan fingerprint density at radius 3 is 2.47 bits per heavy atom. The van der Waals surface area contributed by atoms with Crippen molar-refractivity contribution in [3.8, 4) is 0 Å². The Morgan fingerprint density at radius 2 is 1.88 bits per heavy atom. The number of aliphatic hydroxyl groups excluding tert-OH is 1. The lowest BCUT2D eigenvalue weighted by atomic mass is 9.93. The second-order valence-corrected chi connectivity index (χ2v) is 9.61. The number of likely N-dealkylation sites (tertiary alicyclic amines) is 1. The van der Waals surface area contributed by atoms with Gasteiger partial charge < -0.3 is 20.6 Å². The van der Waals surface area contributed by atoms with Gasteiger partial charge >= 0.3 is 6.18 Å². The molecule has 0 radical (unpaired) electrons. The number of amides is 2. The second-order valence-electron chi connectivity index (χ2n) is 9.61. The molecular formula is C21H30ClF4N5O3. The van der Waals surface area contributed by atoms with Crippen LogP contribution in [0.25, 0.3) is 0 Å². The summed E-state index contributed by atoms with van der Waals surface area (Å²) >= 11 is 0. The maximum atomic E-state index is 13.7. The van der Waals surface area contributed by atoms with Gasteiger partial charge in [-0.15, -0.1) is 12.4 Å². The van der Waals surface area contributed by atoms with Crippen LogP contribution in [0, 0.1) is 0 Å². The van der Waals surface area contributed by atoms with E-state index in [1.54, 1.807) is 20.8 Å². The van der Waals surface area contributed by atoms with Gasteiger partial charge in [-0.1, -0.05) is 20.8 Å². The fourth-order valence-corrected chi connectivity index (χ4v) is 3.99. The number of nitrogens with zero attached hydrogens (tertiary/aromatic N) is 4. The Morgan fingerprint density at radius 1 is 1.24 bits per heavy atom. The minimum absolute atomic E-state index is 0. The van der Waals surface area contributed by atoms with Crippen molar-refractivity contribution < 1.29 is 32.3 Å². The van der Waals surface area contributed by atoms with Crippen LogP contribution in [-0.4, -0.2) is 68.2 Å². The Balaban J connectivity index is 0.00000408. The highest BCUT2D eigenvalue weighted by Crippen LogP contribution is 2.35. The van der Waals surface area contributed by atoms with Crippen LogP contribution in [-0.2, 0) is 34.1 Å². The molecule has 0 spiro atoms. The van der Waals surface area contributed by atoms with E-state index in [0.717, 1.165) is 4.90 Å². The number of piperidine rings is 1. The van der Waals surface area contributed by atoms with Gasteiger partial charge in [0, 0.05) is 43.0 Å². The highest BCUT2D eigenvalue weighted by molar-refractivity contribution is 5.85. The summed E-state index contributed by atoms with van der Waals surface area (Å²) in [4.78, 5) is 35.2. The maximum Gasteiger partial charge on any atom is 0.433 e. The number of halogens is 5. The van der Waals surface area contributed by atoms with Gasteiger partial charge in [-0.25, -0.2) is 14.4 Å². The molecule has 0 bridgehead atoms. The molecule has 192 valence electrons. The van der Waals surface area contributed by atoms with Crippen molar-refractivity contribution in [1.29, 1.82) is 0 Å². The first-order valence-corrected chi connectivity index (χ1v) is 10.8. The molecule has 3 heterocycles. The third-order valence-electron chi connectivity index (χ3n) is 5.82. The largest absolute Gasteiger partial charge is 0.433 e. The number of carbonyl (C=O) groups excluding carboxylic acids is 2. The quantitative estimate of drug-likeness (QED) is 0.599. The van der Waals surface area contributed by atoms with E-state index in [0.29, 0.717) is 0 Å². The molecule has 2 aliphatic heterocycles. The van der Waals surface area contributed by atoms with Crippen LogP contribution in [0.5, 0.6) is 0 Å². The van der Waals surface area contributed by atoms with Gasteiger partial charge in [0.25, 0.3) is 0 Å². The zero-order chi connectivity index (χ0) is 24.7. The molecular weight excluding hydrogens is 482 g/mol. The summed E-state index contributed by atoms with van der Waals surface area (Å²) in [6.07, 6.45) is -8.23. The lowest BCUT2D eigenvalue weighted by molar-refractivity contribution is -0.155. The summed E-state index contributed by atoms with van der Waals surface area (Å²) in [5.74, 6) is -0.830. The average molecular weight is 512 g/mol. The third kappa shape index (κ3) is 6.14. The Kier molecular flexibility index (Phi) is 8.53. The smallest absolute Gasteiger partial charge is 0.370 e. The van der Waals surface area contributed by atoms with Crippen molar-refractivity contribution >= 4 is 24.2 Å². The van der Waals surface area contributed by atoms with E-state index in [-0.39, 0.29) is 74.8 Å². The van der Waals surface area contributed by atoms with Crippen LogP contribution < -0.4 is 5.73 Å². The molecule has 0 aromatic carbocycles. The summed E-state index contributed by atoms with van der Waals surface area (Å²) in [7, 11) is 0. The van der Waals surface area contributed by atoms with Crippen molar-refractivity contribution in [2.45, 2.75) is 83.0 Å². The van der Waals surface area contributed by atoms with Crippen LogP contribution in [0.1, 0.15) is 62.8 Å². The number of carbonyl (C=O) groups is 2. The Labute approximate surface area is 201 Å². The van der Waals surface area contributed by atoms with Crippen LogP contribution in [0.4, 0.5) is 17.6 Å². The van der Waals surface area contributed by atoms with Gasteiger partial charge in [0.1, 0.15) is 12.0 Å². The van der Waals surface area contributed by atoms with E-state index in [1.807, 2.05) is 0 Å². The number of hydrogen-bond donors (Lipinski definition) is 2. The number of hydrogen-bond acceptors (Lipinski definition) is 6. The topological polar surface area (TPSA) is 113 Å². The lowest BCUT2D eigenvalue weighted by Gasteiger charge is -2.36. The van der Waals surface area contributed by atoms with Crippen LogP contribution in [0.3, 0.4) is 0 Å². The molecule has 3 atom stereocenters. The van der Waals surface area contributed by atoms with E-state index >= 15 is 0 Å². The minimum Gasteiger partial charge on any atom is -0.370 e. The number of alkyl halides is 4. The minimum atomic E-state index is -4.64. The van der Waals surface area contributed by atoms with Crippen molar-refractivity contribution in [3.05, 3.63) is 22.8 Å². The zero-order valence-corrected chi connectivity index (χ0v) is 20.0. The molecule has 3 rings (SSSR count).